The van der Waals surface area contributed by atoms with Gasteiger partial charge in [-0.15, -0.1) is 0 Å². The van der Waals surface area contributed by atoms with E-state index in [9.17, 15) is 13.5 Å². The minimum absolute atomic E-state index is 0.139. The third-order valence-corrected chi connectivity index (χ3v) is 5.40. The monoisotopic (exact) mass is 285 g/mol. The summed E-state index contributed by atoms with van der Waals surface area (Å²) in [5.41, 5.74) is 0.397. The maximum absolute atomic E-state index is 12.5. The van der Waals surface area contributed by atoms with Crippen LogP contribution in [0, 0.1) is 13.8 Å². The number of nitrogens with zero attached hydrogens (tertiary/aromatic N) is 1. The fourth-order valence-electron chi connectivity index (χ4n) is 2.45. The van der Waals surface area contributed by atoms with Gasteiger partial charge in [-0.3, -0.25) is 0 Å². The Morgan fingerprint density at radius 2 is 1.74 bits per heavy atom. The summed E-state index contributed by atoms with van der Waals surface area (Å²) in [4.78, 5) is 0.309. The topological polar surface area (TPSA) is 66.8 Å². The van der Waals surface area contributed by atoms with E-state index in [0.717, 1.165) is 0 Å². The third kappa shape index (κ3) is 2.48. The Labute approximate surface area is 113 Å². The summed E-state index contributed by atoms with van der Waals surface area (Å²) >= 11 is 0. The predicted octanol–water partition coefficient (Wildman–Crippen LogP) is 1.07. The first kappa shape index (κ1) is 14.3. The van der Waals surface area contributed by atoms with Crippen molar-refractivity contribution in [3.8, 4) is 5.75 Å². The van der Waals surface area contributed by atoms with Crippen molar-refractivity contribution in [1.29, 1.82) is 0 Å². The summed E-state index contributed by atoms with van der Waals surface area (Å²) in [6.45, 7) is 5.41. The molecule has 0 atom stereocenters. The Hall–Kier alpha value is -1.11. The Bertz CT molecular complexity index is 576. The second-order valence-electron chi connectivity index (χ2n) is 5.36. The van der Waals surface area contributed by atoms with E-state index < -0.39 is 15.6 Å². The lowest BCUT2D eigenvalue weighted by molar-refractivity contribution is -0.0426. The van der Waals surface area contributed by atoms with Gasteiger partial charge in [-0.05, 0) is 44.0 Å². The first-order valence-electron chi connectivity index (χ1n) is 6.05. The minimum atomic E-state index is -3.54. The molecule has 0 radical (unpaired) electrons. The van der Waals surface area contributed by atoms with Crippen LogP contribution in [-0.4, -0.2) is 43.6 Å². The zero-order chi connectivity index (χ0) is 14.4. The highest BCUT2D eigenvalue weighted by molar-refractivity contribution is 7.89. The van der Waals surface area contributed by atoms with Crippen LogP contribution in [0.4, 0.5) is 0 Å². The van der Waals surface area contributed by atoms with Crippen molar-refractivity contribution in [3.05, 3.63) is 23.3 Å². The van der Waals surface area contributed by atoms with E-state index in [-0.39, 0.29) is 13.1 Å². The molecule has 0 aliphatic carbocycles. The van der Waals surface area contributed by atoms with Crippen LogP contribution in [0.1, 0.15) is 18.1 Å². The maximum Gasteiger partial charge on any atom is 0.243 e. The van der Waals surface area contributed by atoms with Gasteiger partial charge in [0.05, 0.1) is 17.6 Å². The van der Waals surface area contributed by atoms with Gasteiger partial charge in [-0.1, -0.05) is 0 Å². The number of methoxy groups -OCH3 is 1. The van der Waals surface area contributed by atoms with E-state index in [1.165, 1.54) is 4.31 Å². The van der Waals surface area contributed by atoms with Crippen molar-refractivity contribution in [2.45, 2.75) is 31.3 Å². The lowest BCUT2D eigenvalue weighted by atomic mass is 10.0. The van der Waals surface area contributed by atoms with Gasteiger partial charge < -0.3 is 9.84 Å². The van der Waals surface area contributed by atoms with Crippen LogP contribution in [0.15, 0.2) is 17.0 Å². The van der Waals surface area contributed by atoms with Crippen LogP contribution in [-0.2, 0) is 10.0 Å². The zero-order valence-corrected chi connectivity index (χ0v) is 12.4. The molecule has 1 N–H and O–H groups in total. The minimum Gasteiger partial charge on any atom is -0.497 e. The van der Waals surface area contributed by atoms with E-state index in [0.29, 0.717) is 21.8 Å². The van der Waals surface area contributed by atoms with Crippen molar-refractivity contribution < 1.29 is 18.3 Å². The highest BCUT2D eigenvalue weighted by Gasteiger charge is 2.44. The highest BCUT2D eigenvalue weighted by atomic mass is 32.2. The van der Waals surface area contributed by atoms with Crippen LogP contribution in [0.25, 0.3) is 0 Å². The Balaban J connectivity index is 2.42. The Morgan fingerprint density at radius 3 is 2.11 bits per heavy atom. The van der Waals surface area contributed by atoms with Gasteiger partial charge in [0.25, 0.3) is 0 Å². The lowest BCUT2D eigenvalue weighted by Crippen LogP contribution is -2.61. The molecule has 1 heterocycles. The van der Waals surface area contributed by atoms with E-state index in [2.05, 4.69) is 0 Å². The molecule has 1 saturated heterocycles. The van der Waals surface area contributed by atoms with Gasteiger partial charge in [0.15, 0.2) is 0 Å². The van der Waals surface area contributed by atoms with Gasteiger partial charge in [-0.25, -0.2) is 8.42 Å². The molecule has 0 amide bonds. The first-order chi connectivity index (χ1) is 8.67. The van der Waals surface area contributed by atoms with Gasteiger partial charge in [0.2, 0.25) is 10.0 Å². The molecule has 0 unspecified atom stereocenters. The first-order valence-corrected chi connectivity index (χ1v) is 7.49. The molecule has 1 aromatic rings. The molecule has 0 saturated carbocycles. The van der Waals surface area contributed by atoms with Crippen molar-refractivity contribution in [3.63, 3.8) is 0 Å². The molecule has 0 spiro atoms. The van der Waals surface area contributed by atoms with E-state index in [4.69, 9.17) is 4.74 Å². The maximum atomic E-state index is 12.5. The summed E-state index contributed by atoms with van der Waals surface area (Å²) in [6, 6.07) is 3.41. The van der Waals surface area contributed by atoms with Gasteiger partial charge >= 0.3 is 0 Å². The number of β-amino-alcohol motifs (C(OH)–C–C–N with tert-alkyl or cyclic N) is 1. The average Bonchev–Trinajstić information content (AvgIpc) is 2.24. The van der Waals surface area contributed by atoms with E-state index in [1.54, 1.807) is 40.0 Å². The van der Waals surface area contributed by atoms with Crippen molar-refractivity contribution in [1.82, 2.24) is 4.31 Å². The Morgan fingerprint density at radius 1 is 1.26 bits per heavy atom. The molecule has 5 nitrogen and oxygen atoms in total. The Kier molecular flexibility index (Phi) is 3.36. The number of ether oxygens (including phenoxy) is 1. The molecule has 1 aliphatic heterocycles. The number of benzene rings is 1. The number of aryl methyl sites for hydroxylation is 2. The molecule has 19 heavy (non-hydrogen) atoms. The summed E-state index contributed by atoms with van der Waals surface area (Å²) < 4.78 is 31.5. The SMILES string of the molecule is COc1cc(C)c(S(=O)(=O)N2CC(C)(O)C2)c(C)c1. The van der Waals surface area contributed by atoms with E-state index >= 15 is 0 Å². The average molecular weight is 285 g/mol. The summed E-state index contributed by atoms with van der Waals surface area (Å²) in [5, 5.41) is 9.69. The number of sulfonamides is 1. The lowest BCUT2D eigenvalue weighted by Gasteiger charge is -2.43. The summed E-state index contributed by atoms with van der Waals surface area (Å²) in [7, 11) is -1.99. The fourth-order valence-corrected chi connectivity index (χ4v) is 4.53. The molecule has 1 aliphatic rings. The van der Waals surface area contributed by atoms with Gasteiger partial charge in [-0.2, -0.15) is 4.31 Å². The van der Waals surface area contributed by atoms with Gasteiger partial charge in [0.1, 0.15) is 5.75 Å². The summed E-state index contributed by atoms with van der Waals surface area (Å²) in [5.74, 6) is 0.643. The molecule has 1 fully saturated rings. The summed E-state index contributed by atoms with van der Waals surface area (Å²) in [6.07, 6.45) is 0. The van der Waals surface area contributed by atoms with Crippen molar-refractivity contribution in [2.24, 2.45) is 0 Å². The molecule has 0 aromatic heterocycles. The van der Waals surface area contributed by atoms with E-state index in [1.807, 2.05) is 0 Å². The quantitative estimate of drug-likeness (QED) is 0.902. The number of hydrogen-bond donors (Lipinski definition) is 1. The highest BCUT2D eigenvalue weighted by Crippen LogP contribution is 2.32. The predicted molar refractivity (Wildman–Crippen MR) is 71.9 cm³/mol. The molecule has 6 heteroatoms. The van der Waals surface area contributed by atoms with Crippen LogP contribution in [0.2, 0.25) is 0 Å². The molecule has 1 aromatic carbocycles. The number of hydrogen-bond acceptors (Lipinski definition) is 4. The molecule has 2 rings (SSSR count). The second-order valence-corrected chi connectivity index (χ2v) is 7.24. The largest absolute Gasteiger partial charge is 0.497 e. The fraction of sp³-hybridized carbons (Fsp3) is 0.538. The second kappa shape index (κ2) is 4.47. The van der Waals surface area contributed by atoms with Crippen LogP contribution in [0.5, 0.6) is 5.75 Å². The number of rotatable bonds is 3. The van der Waals surface area contributed by atoms with Gasteiger partial charge in [0, 0.05) is 13.1 Å². The number of aliphatic hydroxyl groups is 1. The van der Waals surface area contributed by atoms with Crippen LogP contribution < -0.4 is 4.74 Å². The van der Waals surface area contributed by atoms with Crippen LogP contribution >= 0.6 is 0 Å². The normalized spacial score (nSPS) is 19.0. The van der Waals surface area contributed by atoms with Crippen LogP contribution in [0.3, 0.4) is 0 Å². The third-order valence-electron chi connectivity index (χ3n) is 3.30. The molecule has 106 valence electrons. The molecular formula is C13H19NO4S. The molecular weight excluding hydrogens is 266 g/mol. The smallest absolute Gasteiger partial charge is 0.243 e. The van der Waals surface area contributed by atoms with Crippen molar-refractivity contribution >= 4 is 10.0 Å². The molecule has 0 bridgehead atoms. The zero-order valence-electron chi connectivity index (χ0n) is 11.6. The standard InChI is InChI=1S/C13H19NO4S/c1-9-5-11(18-4)6-10(2)12(9)19(16,17)14-7-13(3,15)8-14/h5-6,15H,7-8H2,1-4H3. The van der Waals surface area contributed by atoms with Crippen molar-refractivity contribution in [2.75, 3.05) is 20.2 Å².